The zero-order valence-electron chi connectivity index (χ0n) is 13.7. The second-order valence-corrected chi connectivity index (χ2v) is 7.88. The fourth-order valence-electron chi connectivity index (χ4n) is 3.50. The van der Waals surface area contributed by atoms with Crippen molar-refractivity contribution in [2.24, 2.45) is 11.8 Å². The Morgan fingerprint density at radius 2 is 1.68 bits per heavy atom. The molecule has 1 N–H and O–H groups in total. The minimum Gasteiger partial charge on any atom is -0.444 e. The number of nitrogens with zero attached hydrogens (tertiary/aromatic N) is 1. The largest absolute Gasteiger partial charge is 0.444 e. The average Bonchev–Trinajstić information content (AvgIpc) is 3.05. The highest BCUT2D eigenvalue weighted by atomic mass is 16.6. The molecule has 1 heterocycles. The number of alkyl carbamates (subject to hydrolysis) is 1. The second-order valence-electron chi connectivity index (χ2n) is 7.88. The number of ether oxygens (including phenoxy) is 1. The highest BCUT2D eigenvalue weighted by molar-refractivity contribution is 5.93. The van der Waals surface area contributed by atoms with Gasteiger partial charge < -0.3 is 15.0 Å². The standard InChI is InChI=1S/C17H26N2O3/c1-16(2,3)22-15(21)18-17(8-9-17)14(20)19-10-12-6-4-5-7-13(12)11-19/h4-5,12-13H,6-11H2,1-3H3,(H,18,21)/t12-,13+. The van der Waals surface area contributed by atoms with Crippen molar-refractivity contribution in [3.8, 4) is 0 Å². The number of carbonyl (C=O) groups is 2. The third-order valence-electron chi connectivity index (χ3n) is 4.81. The molecule has 1 aliphatic heterocycles. The number of likely N-dealkylation sites (tertiary alicyclic amines) is 1. The lowest BCUT2D eigenvalue weighted by atomic mass is 9.86. The van der Waals surface area contributed by atoms with E-state index in [-0.39, 0.29) is 5.91 Å². The summed E-state index contributed by atoms with van der Waals surface area (Å²) in [6.45, 7) is 7.13. The lowest BCUT2D eigenvalue weighted by molar-refractivity contribution is -0.133. The number of amides is 2. The average molecular weight is 306 g/mol. The third-order valence-corrected chi connectivity index (χ3v) is 4.81. The van der Waals surface area contributed by atoms with Gasteiger partial charge in [0.2, 0.25) is 5.91 Å². The van der Waals surface area contributed by atoms with E-state index in [0.717, 1.165) is 38.8 Å². The molecule has 2 aliphatic carbocycles. The van der Waals surface area contributed by atoms with Gasteiger partial charge >= 0.3 is 6.09 Å². The molecule has 5 nitrogen and oxygen atoms in total. The van der Waals surface area contributed by atoms with E-state index in [1.807, 2.05) is 25.7 Å². The summed E-state index contributed by atoms with van der Waals surface area (Å²) < 4.78 is 5.29. The van der Waals surface area contributed by atoms with E-state index in [9.17, 15) is 9.59 Å². The minimum absolute atomic E-state index is 0.0766. The van der Waals surface area contributed by atoms with Crippen LogP contribution in [0.1, 0.15) is 46.5 Å². The van der Waals surface area contributed by atoms with Crippen LogP contribution in [0.5, 0.6) is 0 Å². The predicted molar refractivity (Wildman–Crippen MR) is 83.3 cm³/mol. The summed E-state index contributed by atoms with van der Waals surface area (Å²) in [7, 11) is 0. The maximum Gasteiger partial charge on any atom is 0.408 e. The van der Waals surface area contributed by atoms with Crippen LogP contribution in [0, 0.1) is 11.8 Å². The number of allylic oxidation sites excluding steroid dienone is 2. The molecule has 3 aliphatic rings. The lowest BCUT2D eigenvalue weighted by Crippen LogP contribution is -2.51. The van der Waals surface area contributed by atoms with E-state index < -0.39 is 17.2 Å². The van der Waals surface area contributed by atoms with Crippen LogP contribution in [0.4, 0.5) is 4.79 Å². The number of hydrogen-bond acceptors (Lipinski definition) is 3. The van der Waals surface area contributed by atoms with Gasteiger partial charge in [-0.1, -0.05) is 12.2 Å². The molecule has 122 valence electrons. The fraction of sp³-hybridized carbons (Fsp3) is 0.765. The maximum absolute atomic E-state index is 12.8. The van der Waals surface area contributed by atoms with Gasteiger partial charge in [0, 0.05) is 13.1 Å². The molecule has 1 saturated carbocycles. The molecule has 0 spiro atoms. The van der Waals surface area contributed by atoms with Crippen LogP contribution < -0.4 is 5.32 Å². The topological polar surface area (TPSA) is 58.6 Å². The Morgan fingerprint density at radius 3 is 2.14 bits per heavy atom. The van der Waals surface area contributed by atoms with Crippen LogP contribution in [0.25, 0.3) is 0 Å². The van der Waals surface area contributed by atoms with Crippen LogP contribution >= 0.6 is 0 Å². The molecule has 5 heteroatoms. The van der Waals surface area contributed by atoms with Crippen molar-refractivity contribution in [3.05, 3.63) is 12.2 Å². The van der Waals surface area contributed by atoms with E-state index in [0.29, 0.717) is 11.8 Å². The van der Waals surface area contributed by atoms with E-state index in [1.165, 1.54) is 0 Å². The van der Waals surface area contributed by atoms with Crippen LogP contribution in [0.15, 0.2) is 12.2 Å². The third kappa shape index (κ3) is 3.13. The number of carbonyl (C=O) groups excluding carboxylic acids is 2. The number of nitrogens with one attached hydrogen (secondary N) is 1. The Morgan fingerprint density at radius 1 is 1.14 bits per heavy atom. The van der Waals surface area contributed by atoms with Crippen molar-refractivity contribution in [2.75, 3.05) is 13.1 Å². The van der Waals surface area contributed by atoms with Crippen molar-refractivity contribution < 1.29 is 14.3 Å². The summed E-state index contributed by atoms with van der Waals surface area (Å²) in [5.41, 5.74) is -1.25. The van der Waals surface area contributed by atoms with Gasteiger partial charge in [-0.25, -0.2) is 4.79 Å². The molecule has 1 saturated heterocycles. The van der Waals surface area contributed by atoms with E-state index in [1.54, 1.807) is 0 Å². The molecule has 0 aromatic rings. The van der Waals surface area contributed by atoms with E-state index in [4.69, 9.17) is 4.74 Å². The van der Waals surface area contributed by atoms with Crippen LogP contribution in [0.3, 0.4) is 0 Å². The summed E-state index contributed by atoms with van der Waals surface area (Å²) in [5, 5.41) is 2.81. The van der Waals surface area contributed by atoms with Crippen molar-refractivity contribution in [1.29, 1.82) is 0 Å². The van der Waals surface area contributed by atoms with Crippen molar-refractivity contribution in [1.82, 2.24) is 10.2 Å². The minimum atomic E-state index is -0.705. The summed E-state index contributed by atoms with van der Waals surface area (Å²) in [5.74, 6) is 1.25. The highest BCUT2D eigenvalue weighted by Crippen LogP contribution is 2.41. The second kappa shape index (κ2) is 5.28. The Labute approximate surface area is 132 Å². The molecule has 3 rings (SSSR count). The Balaban J connectivity index is 1.59. The Hall–Kier alpha value is -1.52. The zero-order valence-corrected chi connectivity index (χ0v) is 13.7. The first-order valence-corrected chi connectivity index (χ1v) is 8.25. The van der Waals surface area contributed by atoms with Crippen LogP contribution in [-0.2, 0) is 9.53 Å². The number of hydrogen-bond donors (Lipinski definition) is 1. The van der Waals surface area contributed by atoms with Gasteiger partial charge in [0.15, 0.2) is 0 Å². The number of rotatable bonds is 2. The first-order valence-electron chi connectivity index (χ1n) is 8.25. The van der Waals surface area contributed by atoms with Crippen molar-refractivity contribution in [2.45, 2.75) is 57.6 Å². The molecule has 22 heavy (non-hydrogen) atoms. The zero-order chi connectivity index (χ0) is 16.0. The smallest absolute Gasteiger partial charge is 0.408 e. The SMILES string of the molecule is CC(C)(C)OC(=O)NC1(C(=O)N2C[C@H]3CC=CC[C@H]3C2)CC1. The maximum atomic E-state index is 12.8. The fourth-order valence-corrected chi connectivity index (χ4v) is 3.50. The van der Waals surface area contributed by atoms with E-state index >= 15 is 0 Å². The van der Waals surface area contributed by atoms with Crippen LogP contribution in [-0.4, -0.2) is 41.1 Å². The van der Waals surface area contributed by atoms with Gasteiger partial charge in [0.1, 0.15) is 11.1 Å². The Kier molecular flexibility index (Phi) is 3.69. The molecule has 0 aromatic heterocycles. The summed E-state index contributed by atoms with van der Waals surface area (Å²) in [6.07, 6.45) is 7.53. The van der Waals surface area contributed by atoms with Crippen molar-refractivity contribution >= 4 is 12.0 Å². The van der Waals surface area contributed by atoms with Gasteiger partial charge in [-0.2, -0.15) is 0 Å². The highest BCUT2D eigenvalue weighted by Gasteiger charge is 2.55. The summed E-state index contributed by atoms with van der Waals surface area (Å²) >= 11 is 0. The summed E-state index contributed by atoms with van der Waals surface area (Å²) in [6, 6.07) is 0. The predicted octanol–water partition coefficient (Wildman–Crippen LogP) is 2.47. The molecule has 0 aromatic carbocycles. The molecule has 0 radical (unpaired) electrons. The van der Waals surface area contributed by atoms with Gasteiger partial charge in [0.05, 0.1) is 0 Å². The first kappa shape index (κ1) is 15.4. The number of fused-ring (bicyclic) bond motifs is 1. The van der Waals surface area contributed by atoms with Gasteiger partial charge in [-0.05, 0) is 58.3 Å². The molecule has 0 bridgehead atoms. The molecule has 2 amide bonds. The van der Waals surface area contributed by atoms with Gasteiger partial charge in [0.25, 0.3) is 0 Å². The van der Waals surface area contributed by atoms with E-state index in [2.05, 4.69) is 17.5 Å². The molecule has 2 fully saturated rings. The van der Waals surface area contributed by atoms with Gasteiger partial charge in [-0.15, -0.1) is 0 Å². The molecular weight excluding hydrogens is 280 g/mol. The monoisotopic (exact) mass is 306 g/mol. The molecule has 0 unspecified atom stereocenters. The normalized spacial score (nSPS) is 29.0. The quantitative estimate of drug-likeness (QED) is 0.797. The lowest BCUT2D eigenvalue weighted by Gasteiger charge is -2.26. The van der Waals surface area contributed by atoms with Crippen LogP contribution in [0.2, 0.25) is 0 Å². The summed E-state index contributed by atoms with van der Waals surface area (Å²) in [4.78, 5) is 26.7. The molecular formula is C17H26N2O3. The van der Waals surface area contributed by atoms with Gasteiger partial charge in [-0.3, -0.25) is 4.79 Å². The molecule has 2 atom stereocenters. The Bertz CT molecular complexity index is 487. The first-order chi connectivity index (χ1) is 10.3. The van der Waals surface area contributed by atoms with Crippen molar-refractivity contribution in [3.63, 3.8) is 0 Å².